The molecule has 0 aliphatic rings. The summed E-state index contributed by atoms with van der Waals surface area (Å²) in [6, 6.07) is 11.5. The van der Waals surface area contributed by atoms with Gasteiger partial charge in [-0.3, -0.25) is 9.52 Å². The van der Waals surface area contributed by atoms with Crippen molar-refractivity contribution in [3.05, 3.63) is 54.1 Å². The summed E-state index contributed by atoms with van der Waals surface area (Å²) in [6.45, 7) is 2.05. The van der Waals surface area contributed by atoms with Gasteiger partial charge in [-0.25, -0.2) is 13.2 Å². The summed E-state index contributed by atoms with van der Waals surface area (Å²) < 4.78 is 37.5. The van der Waals surface area contributed by atoms with E-state index in [0.717, 1.165) is 12.8 Å². The monoisotopic (exact) mass is 406 g/mol. The van der Waals surface area contributed by atoms with E-state index in [9.17, 15) is 18.0 Å². The summed E-state index contributed by atoms with van der Waals surface area (Å²) >= 11 is 0. The molecule has 3 N–H and O–H groups in total. The number of amides is 1. The second kappa shape index (κ2) is 9.75. The van der Waals surface area contributed by atoms with Crippen LogP contribution in [0.15, 0.2) is 53.4 Å². The van der Waals surface area contributed by atoms with E-state index in [0.29, 0.717) is 23.6 Å². The van der Waals surface area contributed by atoms with E-state index in [-0.39, 0.29) is 11.5 Å². The lowest BCUT2D eigenvalue weighted by molar-refractivity contribution is -0.119. The first-order valence-electron chi connectivity index (χ1n) is 8.63. The normalized spacial score (nSPS) is 10.9. The molecule has 0 atom stereocenters. The van der Waals surface area contributed by atoms with Gasteiger partial charge in [-0.15, -0.1) is 0 Å². The second-order valence-corrected chi connectivity index (χ2v) is 7.58. The van der Waals surface area contributed by atoms with Gasteiger partial charge in [0.15, 0.2) is 6.61 Å². The number of unbranched alkanes of at least 4 members (excludes halogenated alkanes) is 1. The van der Waals surface area contributed by atoms with Crippen LogP contribution in [0.3, 0.4) is 0 Å². The molecule has 0 radical (unpaired) electrons. The van der Waals surface area contributed by atoms with E-state index >= 15 is 0 Å². The molecule has 0 bridgehead atoms. The summed E-state index contributed by atoms with van der Waals surface area (Å²) in [7, 11) is -3.83. The molecule has 0 aliphatic carbocycles. The lowest BCUT2D eigenvalue weighted by Gasteiger charge is -2.10. The van der Waals surface area contributed by atoms with Crippen molar-refractivity contribution in [2.24, 2.45) is 5.73 Å². The molecule has 9 heteroatoms. The molecule has 0 saturated carbocycles. The molecule has 0 aliphatic heterocycles. The number of hydrogen-bond donors (Lipinski definition) is 2. The Morgan fingerprint density at radius 2 is 1.68 bits per heavy atom. The number of carbonyl (C=O) groups is 2. The number of carbonyl (C=O) groups excluding carboxylic acids is 2. The number of nitrogens with two attached hydrogens (primary N) is 1. The third kappa shape index (κ3) is 6.27. The summed E-state index contributed by atoms with van der Waals surface area (Å²) in [5.74, 6) is -0.755. The van der Waals surface area contributed by atoms with Crippen molar-refractivity contribution < 1.29 is 27.5 Å². The number of esters is 1. The Kier molecular flexibility index (Phi) is 7.39. The molecule has 2 aromatic rings. The van der Waals surface area contributed by atoms with Crippen molar-refractivity contribution >= 4 is 27.6 Å². The molecule has 2 aromatic carbocycles. The number of hydrogen-bond acceptors (Lipinski definition) is 6. The number of ether oxygens (including phenoxy) is 2. The minimum absolute atomic E-state index is 0.0157. The van der Waals surface area contributed by atoms with Gasteiger partial charge >= 0.3 is 5.97 Å². The molecular weight excluding hydrogens is 384 g/mol. The Morgan fingerprint density at radius 3 is 2.25 bits per heavy atom. The lowest BCUT2D eigenvalue weighted by atomic mass is 10.2. The van der Waals surface area contributed by atoms with Gasteiger partial charge in [-0.2, -0.15) is 0 Å². The van der Waals surface area contributed by atoms with Gasteiger partial charge in [-0.05, 0) is 55.0 Å². The van der Waals surface area contributed by atoms with Crippen LogP contribution in [0, 0.1) is 0 Å². The molecule has 2 rings (SSSR count). The van der Waals surface area contributed by atoms with Gasteiger partial charge in [0.25, 0.3) is 15.9 Å². The van der Waals surface area contributed by atoms with Crippen LogP contribution in [-0.2, 0) is 19.6 Å². The van der Waals surface area contributed by atoms with Crippen LogP contribution in [0.2, 0.25) is 0 Å². The Morgan fingerprint density at radius 1 is 1.04 bits per heavy atom. The first-order chi connectivity index (χ1) is 13.3. The highest BCUT2D eigenvalue weighted by Gasteiger charge is 2.15. The topological polar surface area (TPSA) is 125 Å². The number of anilines is 1. The quantitative estimate of drug-likeness (QED) is 0.461. The van der Waals surface area contributed by atoms with Crippen LogP contribution in [0.1, 0.15) is 30.1 Å². The standard InChI is InChI=1S/C19H22N2O6S/c1-2-3-12-26-19(23)14-4-6-15(7-5-14)21-28(24,25)17-10-8-16(9-11-17)27-13-18(20)22/h4-11,21H,2-3,12-13H2,1H3,(H2,20,22). The maximum absolute atomic E-state index is 12.5. The fourth-order valence-electron chi connectivity index (χ4n) is 2.15. The molecule has 150 valence electrons. The Bertz CT molecular complexity index is 908. The van der Waals surface area contributed by atoms with E-state index < -0.39 is 21.9 Å². The van der Waals surface area contributed by atoms with E-state index in [1.54, 1.807) is 0 Å². The van der Waals surface area contributed by atoms with Gasteiger partial charge in [0, 0.05) is 5.69 Å². The predicted octanol–water partition coefficient (Wildman–Crippen LogP) is 2.31. The van der Waals surface area contributed by atoms with Crippen LogP contribution < -0.4 is 15.2 Å². The van der Waals surface area contributed by atoms with Gasteiger partial charge in [-0.1, -0.05) is 13.3 Å². The minimum Gasteiger partial charge on any atom is -0.484 e. The molecule has 8 nitrogen and oxygen atoms in total. The predicted molar refractivity (Wildman–Crippen MR) is 104 cm³/mol. The average Bonchev–Trinajstić information content (AvgIpc) is 2.67. The van der Waals surface area contributed by atoms with Crippen molar-refractivity contribution in [2.45, 2.75) is 24.7 Å². The van der Waals surface area contributed by atoms with Gasteiger partial charge in [0.2, 0.25) is 0 Å². The van der Waals surface area contributed by atoms with Crippen molar-refractivity contribution in [1.82, 2.24) is 0 Å². The number of rotatable bonds is 10. The molecule has 1 amide bonds. The lowest BCUT2D eigenvalue weighted by Crippen LogP contribution is -2.20. The summed E-state index contributed by atoms with van der Waals surface area (Å²) in [4.78, 5) is 22.6. The molecule has 0 aromatic heterocycles. The van der Waals surface area contributed by atoms with Gasteiger partial charge in [0.1, 0.15) is 5.75 Å². The van der Waals surface area contributed by atoms with Gasteiger partial charge < -0.3 is 15.2 Å². The van der Waals surface area contributed by atoms with E-state index in [1.165, 1.54) is 48.5 Å². The van der Waals surface area contributed by atoms with Crippen molar-refractivity contribution in [1.29, 1.82) is 0 Å². The number of primary amides is 1. The summed E-state index contributed by atoms with van der Waals surface area (Å²) in [5.41, 5.74) is 5.63. The zero-order valence-electron chi connectivity index (χ0n) is 15.4. The third-order valence-electron chi connectivity index (χ3n) is 3.62. The number of nitrogens with one attached hydrogen (secondary N) is 1. The SMILES string of the molecule is CCCCOC(=O)c1ccc(NS(=O)(=O)c2ccc(OCC(N)=O)cc2)cc1. The van der Waals surface area contributed by atoms with Crippen LogP contribution in [0.5, 0.6) is 5.75 Å². The summed E-state index contributed by atoms with van der Waals surface area (Å²) in [6.07, 6.45) is 1.71. The maximum Gasteiger partial charge on any atom is 0.338 e. The Hall–Kier alpha value is -3.07. The van der Waals surface area contributed by atoms with E-state index in [2.05, 4.69) is 4.72 Å². The molecule has 0 saturated heterocycles. The first kappa shape index (κ1) is 21.2. The zero-order valence-corrected chi connectivity index (χ0v) is 16.2. The maximum atomic E-state index is 12.5. The van der Waals surface area contributed by atoms with Crippen molar-refractivity contribution in [3.8, 4) is 5.75 Å². The molecule has 0 fully saturated rings. The van der Waals surface area contributed by atoms with Crippen LogP contribution in [0.4, 0.5) is 5.69 Å². The minimum atomic E-state index is -3.83. The van der Waals surface area contributed by atoms with Crippen molar-refractivity contribution in [2.75, 3.05) is 17.9 Å². The van der Waals surface area contributed by atoms with E-state index in [1.807, 2.05) is 6.92 Å². The molecule has 28 heavy (non-hydrogen) atoms. The Balaban J connectivity index is 2.01. The third-order valence-corrected chi connectivity index (χ3v) is 5.02. The molecule has 0 heterocycles. The first-order valence-corrected chi connectivity index (χ1v) is 10.1. The Labute approximate surface area is 163 Å². The highest BCUT2D eigenvalue weighted by Crippen LogP contribution is 2.20. The average molecular weight is 406 g/mol. The highest BCUT2D eigenvalue weighted by atomic mass is 32.2. The largest absolute Gasteiger partial charge is 0.484 e. The molecular formula is C19H22N2O6S. The van der Waals surface area contributed by atoms with Crippen LogP contribution >= 0.6 is 0 Å². The highest BCUT2D eigenvalue weighted by molar-refractivity contribution is 7.92. The van der Waals surface area contributed by atoms with Gasteiger partial charge in [0.05, 0.1) is 17.1 Å². The molecule has 0 unspecified atom stereocenters. The zero-order chi connectivity index (χ0) is 20.6. The second-order valence-electron chi connectivity index (χ2n) is 5.90. The van der Waals surface area contributed by atoms with Crippen molar-refractivity contribution in [3.63, 3.8) is 0 Å². The summed E-state index contributed by atoms with van der Waals surface area (Å²) in [5, 5.41) is 0. The van der Waals surface area contributed by atoms with Crippen LogP contribution in [-0.4, -0.2) is 33.5 Å². The number of sulfonamides is 1. The van der Waals surface area contributed by atoms with E-state index in [4.69, 9.17) is 15.2 Å². The fraction of sp³-hybridized carbons (Fsp3) is 0.263. The molecule has 0 spiro atoms. The van der Waals surface area contributed by atoms with Crippen LogP contribution in [0.25, 0.3) is 0 Å². The fourth-order valence-corrected chi connectivity index (χ4v) is 3.21. The number of benzene rings is 2. The smallest absolute Gasteiger partial charge is 0.338 e.